The lowest BCUT2D eigenvalue weighted by Gasteiger charge is -2.28. The van der Waals surface area contributed by atoms with Gasteiger partial charge in [-0.15, -0.1) is 0 Å². The van der Waals surface area contributed by atoms with Crippen molar-refractivity contribution < 1.29 is 23.8 Å². The number of hydrogen-bond acceptors (Lipinski definition) is 7. The summed E-state index contributed by atoms with van der Waals surface area (Å²) in [6.07, 6.45) is 2.88. The third kappa shape index (κ3) is 5.32. The topological polar surface area (TPSA) is 95.9 Å². The quantitative estimate of drug-likeness (QED) is 0.646. The van der Waals surface area contributed by atoms with Gasteiger partial charge in [0.15, 0.2) is 11.4 Å². The SMILES string of the molecule is CCOC(=O)c1cn(C2CCNCC2)c(C(=O)OCC)c(OCc2ccccc2)c1=O. The molecule has 1 N–H and O–H groups in total. The van der Waals surface area contributed by atoms with E-state index in [2.05, 4.69) is 5.32 Å². The minimum atomic E-state index is -0.741. The molecule has 1 aromatic carbocycles. The molecule has 1 aliphatic heterocycles. The first-order chi connectivity index (χ1) is 15.1. The van der Waals surface area contributed by atoms with E-state index in [4.69, 9.17) is 14.2 Å². The third-order valence-electron chi connectivity index (χ3n) is 5.08. The molecule has 2 heterocycles. The van der Waals surface area contributed by atoms with Crippen LogP contribution >= 0.6 is 0 Å². The molecule has 0 amide bonds. The lowest BCUT2D eigenvalue weighted by Crippen LogP contribution is -2.34. The number of carbonyl (C=O) groups is 2. The highest BCUT2D eigenvalue weighted by Gasteiger charge is 2.30. The summed E-state index contributed by atoms with van der Waals surface area (Å²) in [5, 5.41) is 3.27. The van der Waals surface area contributed by atoms with Crippen molar-refractivity contribution in [1.29, 1.82) is 0 Å². The van der Waals surface area contributed by atoms with Gasteiger partial charge < -0.3 is 24.1 Å². The number of pyridine rings is 1. The highest BCUT2D eigenvalue weighted by Crippen LogP contribution is 2.27. The number of hydrogen-bond donors (Lipinski definition) is 1. The zero-order chi connectivity index (χ0) is 22.2. The summed E-state index contributed by atoms with van der Waals surface area (Å²) in [4.78, 5) is 38.6. The van der Waals surface area contributed by atoms with E-state index in [1.807, 2.05) is 30.3 Å². The predicted molar refractivity (Wildman–Crippen MR) is 115 cm³/mol. The summed E-state index contributed by atoms with van der Waals surface area (Å²) in [6, 6.07) is 9.20. The van der Waals surface area contributed by atoms with Gasteiger partial charge in [-0.3, -0.25) is 4.79 Å². The van der Waals surface area contributed by atoms with Crippen molar-refractivity contribution in [1.82, 2.24) is 9.88 Å². The van der Waals surface area contributed by atoms with Crippen LogP contribution in [0.4, 0.5) is 0 Å². The van der Waals surface area contributed by atoms with E-state index in [9.17, 15) is 14.4 Å². The lowest BCUT2D eigenvalue weighted by molar-refractivity contribution is 0.0487. The number of carbonyl (C=O) groups excluding carboxylic acids is 2. The Morgan fingerprint density at radius 3 is 2.32 bits per heavy atom. The molecule has 1 fully saturated rings. The standard InChI is InChI=1S/C23H28N2O6/c1-3-29-22(27)18-14-25(17-10-12-24-13-11-17)19(23(28)30-4-2)21(20(18)26)31-15-16-8-6-5-7-9-16/h5-9,14,17,24H,3-4,10-13,15H2,1-2H3. The molecule has 1 saturated heterocycles. The van der Waals surface area contributed by atoms with Crippen LogP contribution in [0.2, 0.25) is 0 Å². The highest BCUT2D eigenvalue weighted by molar-refractivity contribution is 5.94. The van der Waals surface area contributed by atoms with Crippen LogP contribution in [0, 0.1) is 0 Å². The van der Waals surface area contributed by atoms with Gasteiger partial charge in [-0.2, -0.15) is 0 Å². The molecule has 1 aliphatic rings. The highest BCUT2D eigenvalue weighted by atomic mass is 16.5. The summed E-state index contributed by atoms with van der Waals surface area (Å²) in [6.45, 7) is 5.23. The fourth-order valence-corrected chi connectivity index (χ4v) is 3.60. The van der Waals surface area contributed by atoms with Crippen molar-refractivity contribution in [3.8, 4) is 5.75 Å². The van der Waals surface area contributed by atoms with Crippen molar-refractivity contribution >= 4 is 11.9 Å². The number of nitrogens with one attached hydrogen (secondary N) is 1. The van der Waals surface area contributed by atoms with Gasteiger partial charge in [-0.05, 0) is 45.3 Å². The zero-order valence-corrected chi connectivity index (χ0v) is 17.9. The molecule has 0 unspecified atom stereocenters. The molecular weight excluding hydrogens is 400 g/mol. The zero-order valence-electron chi connectivity index (χ0n) is 17.9. The van der Waals surface area contributed by atoms with Gasteiger partial charge in [0.2, 0.25) is 5.43 Å². The maximum Gasteiger partial charge on any atom is 0.359 e. The van der Waals surface area contributed by atoms with Crippen molar-refractivity contribution in [2.75, 3.05) is 26.3 Å². The van der Waals surface area contributed by atoms with Gasteiger partial charge in [-0.25, -0.2) is 9.59 Å². The van der Waals surface area contributed by atoms with E-state index in [0.29, 0.717) is 0 Å². The number of aromatic nitrogens is 1. The summed E-state index contributed by atoms with van der Waals surface area (Å²) in [5.41, 5.74) is 0.0218. The minimum absolute atomic E-state index is 0.0303. The molecule has 31 heavy (non-hydrogen) atoms. The smallest absolute Gasteiger partial charge is 0.359 e. The number of ether oxygens (including phenoxy) is 3. The van der Waals surface area contributed by atoms with Crippen LogP contribution in [0.1, 0.15) is 59.1 Å². The van der Waals surface area contributed by atoms with Gasteiger partial charge in [0.05, 0.1) is 13.2 Å². The Morgan fingerprint density at radius 2 is 1.68 bits per heavy atom. The van der Waals surface area contributed by atoms with Crippen LogP contribution in [0.15, 0.2) is 41.3 Å². The van der Waals surface area contributed by atoms with Crippen molar-refractivity contribution in [2.45, 2.75) is 39.3 Å². The lowest BCUT2D eigenvalue weighted by atomic mass is 10.0. The molecule has 0 saturated carbocycles. The fourth-order valence-electron chi connectivity index (χ4n) is 3.60. The number of esters is 2. The Morgan fingerprint density at radius 1 is 1.03 bits per heavy atom. The van der Waals surface area contributed by atoms with Crippen molar-refractivity contribution in [2.24, 2.45) is 0 Å². The molecule has 3 rings (SSSR count). The summed E-state index contributed by atoms with van der Waals surface area (Å²) >= 11 is 0. The Balaban J connectivity index is 2.14. The van der Waals surface area contributed by atoms with Gasteiger partial charge >= 0.3 is 11.9 Å². The summed E-state index contributed by atoms with van der Waals surface area (Å²) in [7, 11) is 0. The molecule has 1 aromatic heterocycles. The maximum atomic E-state index is 13.2. The van der Waals surface area contributed by atoms with Crippen molar-refractivity contribution in [3.05, 3.63) is 63.6 Å². The number of nitrogens with zero attached hydrogens (tertiary/aromatic N) is 1. The summed E-state index contributed by atoms with van der Waals surface area (Å²) < 4.78 is 17.8. The van der Waals surface area contributed by atoms with Crippen LogP contribution in [0.25, 0.3) is 0 Å². The van der Waals surface area contributed by atoms with Crippen LogP contribution in [0.5, 0.6) is 5.75 Å². The van der Waals surface area contributed by atoms with Gasteiger partial charge in [0, 0.05) is 12.2 Å². The van der Waals surface area contributed by atoms with Gasteiger partial charge in [0.25, 0.3) is 0 Å². The second-order valence-corrected chi connectivity index (χ2v) is 7.15. The van der Waals surface area contributed by atoms with Gasteiger partial charge in [-0.1, -0.05) is 30.3 Å². The first-order valence-corrected chi connectivity index (χ1v) is 10.6. The monoisotopic (exact) mass is 428 g/mol. The molecule has 0 bridgehead atoms. The Labute approximate surface area is 181 Å². The minimum Gasteiger partial charge on any atom is -0.482 e. The number of rotatable bonds is 8. The number of benzene rings is 1. The average Bonchev–Trinajstić information content (AvgIpc) is 2.79. The maximum absolute atomic E-state index is 13.2. The van der Waals surface area contributed by atoms with Crippen LogP contribution < -0.4 is 15.5 Å². The third-order valence-corrected chi connectivity index (χ3v) is 5.08. The first kappa shape index (κ1) is 22.6. The molecule has 166 valence electrons. The van der Waals surface area contributed by atoms with Crippen LogP contribution in [-0.4, -0.2) is 42.8 Å². The molecule has 8 heteroatoms. The van der Waals surface area contributed by atoms with E-state index in [1.165, 1.54) is 6.20 Å². The fraction of sp³-hybridized carbons (Fsp3) is 0.435. The first-order valence-electron chi connectivity index (χ1n) is 10.6. The average molecular weight is 428 g/mol. The normalized spacial score (nSPS) is 14.1. The molecule has 2 aromatic rings. The van der Waals surface area contributed by atoms with Crippen molar-refractivity contribution in [3.63, 3.8) is 0 Å². The molecule has 0 radical (unpaired) electrons. The van der Waals surface area contributed by atoms with Gasteiger partial charge in [0.1, 0.15) is 12.2 Å². The van der Waals surface area contributed by atoms with E-state index >= 15 is 0 Å². The molecule has 0 aliphatic carbocycles. The van der Waals surface area contributed by atoms with E-state index < -0.39 is 17.4 Å². The summed E-state index contributed by atoms with van der Waals surface area (Å²) in [5.74, 6) is -1.59. The predicted octanol–water partition coefficient (Wildman–Crippen LogP) is 2.71. The molecule has 0 spiro atoms. The second kappa shape index (κ2) is 10.8. The Bertz CT molecular complexity index is 964. The largest absolute Gasteiger partial charge is 0.482 e. The van der Waals surface area contributed by atoms with Crippen LogP contribution in [0.3, 0.4) is 0 Å². The molecule has 0 atom stereocenters. The molecule has 8 nitrogen and oxygen atoms in total. The second-order valence-electron chi connectivity index (χ2n) is 7.15. The van der Waals surface area contributed by atoms with E-state index in [-0.39, 0.29) is 42.9 Å². The number of piperidine rings is 1. The van der Waals surface area contributed by atoms with E-state index in [0.717, 1.165) is 31.5 Å². The Hall–Kier alpha value is -3.13. The van der Waals surface area contributed by atoms with E-state index in [1.54, 1.807) is 18.4 Å². The van der Waals surface area contributed by atoms with Crippen LogP contribution in [-0.2, 0) is 16.1 Å². The Kier molecular flexibility index (Phi) is 7.83. The molecular formula is C23H28N2O6.